The molecule has 0 bridgehead atoms. The van der Waals surface area contributed by atoms with E-state index in [1.54, 1.807) is 22.7 Å². The number of nitrogens with zero attached hydrogens (tertiary/aromatic N) is 1. The number of fused-ring (bicyclic) bond motifs is 3. The van der Waals surface area contributed by atoms with Gasteiger partial charge in [0.15, 0.2) is 0 Å². The Morgan fingerprint density at radius 1 is 1.13 bits per heavy atom. The van der Waals surface area contributed by atoms with Crippen LogP contribution in [0.5, 0.6) is 0 Å². The first kappa shape index (κ1) is 14.7. The van der Waals surface area contributed by atoms with Crippen LogP contribution in [0.3, 0.4) is 0 Å². The van der Waals surface area contributed by atoms with Crippen LogP contribution >= 0.6 is 22.7 Å². The van der Waals surface area contributed by atoms with Crippen molar-refractivity contribution in [2.24, 2.45) is 0 Å². The monoisotopic (exact) mass is 339 g/mol. The highest BCUT2D eigenvalue weighted by Crippen LogP contribution is 2.39. The Kier molecular flexibility index (Phi) is 3.79. The largest absolute Gasteiger partial charge is 0.336 e. The maximum Gasteiger partial charge on any atom is 0.264 e. The molecule has 0 aliphatic heterocycles. The summed E-state index contributed by atoms with van der Waals surface area (Å²) in [6.07, 6.45) is 2.10. The number of rotatable bonds is 3. The van der Waals surface area contributed by atoms with Crippen molar-refractivity contribution >= 4 is 28.6 Å². The van der Waals surface area contributed by atoms with Crippen molar-refractivity contribution in [1.29, 1.82) is 0 Å². The van der Waals surface area contributed by atoms with Gasteiger partial charge in [-0.1, -0.05) is 30.3 Å². The molecule has 0 saturated heterocycles. The second kappa shape index (κ2) is 5.95. The van der Waals surface area contributed by atoms with Gasteiger partial charge in [-0.05, 0) is 47.0 Å². The van der Waals surface area contributed by atoms with E-state index in [-0.39, 0.29) is 5.91 Å². The van der Waals surface area contributed by atoms with Crippen molar-refractivity contribution in [2.75, 3.05) is 7.05 Å². The summed E-state index contributed by atoms with van der Waals surface area (Å²) in [5, 5.41) is 2.05. The molecule has 4 heteroatoms. The van der Waals surface area contributed by atoms with Crippen LogP contribution in [0.4, 0.5) is 0 Å². The average molecular weight is 339 g/mol. The molecule has 0 spiro atoms. The van der Waals surface area contributed by atoms with Gasteiger partial charge >= 0.3 is 0 Å². The van der Waals surface area contributed by atoms with Crippen molar-refractivity contribution in [3.63, 3.8) is 0 Å². The van der Waals surface area contributed by atoms with Crippen LogP contribution in [0.15, 0.2) is 47.8 Å². The van der Waals surface area contributed by atoms with Crippen LogP contribution in [0.1, 0.15) is 25.7 Å². The standard InChI is InChI=1S/C19H17NOS2/c1-20(12-15-6-4-10-22-15)19(21)17-11-14-9-8-13-5-2-3-7-16(13)18(14)23-17/h2-7,10-11H,8-9,12H2,1H3. The van der Waals surface area contributed by atoms with Crippen LogP contribution in [-0.2, 0) is 19.4 Å². The highest BCUT2D eigenvalue weighted by molar-refractivity contribution is 7.17. The summed E-state index contributed by atoms with van der Waals surface area (Å²) in [6, 6.07) is 14.7. The van der Waals surface area contributed by atoms with Gasteiger partial charge < -0.3 is 4.90 Å². The lowest BCUT2D eigenvalue weighted by atomic mass is 9.91. The minimum absolute atomic E-state index is 0.121. The third-order valence-corrected chi connectivity index (χ3v) is 6.33. The van der Waals surface area contributed by atoms with E-state index in [2.05, 4.69) is 41.8 Å². The van der Waals surface area contributed by atoms with Crippen LogP contribution in [0.25, 0.3) is 10.4 Å². The molecule has 2 nitrogen and oxygen atoms in total. The topological polar surface area (TPSA) is 20.3 Å². The molecule has 1 aliphatic rings. The molecule has 4 rings (SSSR count). The van der Waals surface area contributed by atoms with Crippen LogP contribution in [-0.4, -0.2) is 17.9 Å². The van der Waals surface area contributed by atoms with Gasteiger partial charge in [-0.3, -0.25) is 4.79 Å². The van der Waals surface area contributed by atoms with E-state index >= 15 is 0 Å². The zero-order chi connectivity index (χ0) is 15.8. The second-order valence-corrected chi connectivity index (χ2v) is 7.95. The van der Waals surface area contributed by atoms with Crippen molar-refractivity contribution in [1.82, 2.24) is 4.90 Å². The molecule has 0 unspecified atom stereocenters. The fourth-order valence-corrected chi connectivity index (χ4v) is 5.10. The number of amides is 1. The SMILES string of the molecule is CN(Cc1cccs1)C(=O)c1cc2c(s1)-c1ccccc1CC2. The maximum absolute atomic E-state index is 12.7. The van der Waals surface area contributed by atoms with E-state index in [0.717, 1.165) is 17.7 Å². The number of hydrogen-bond donors (Lipinski definition) is 0. The minimum atomic E-state index is 0.121. The summed E-state index contributed by atoms with van der Waals surface area (Å²) in [4.78, 5) is 17.9. The van der Waals surface area contributed by atoms with E-state index < -0.39 is 0 Å². The predicted octanol–water partition coefficient (Wildman–Crippen LogP) is 4.85. The zero-order valence-corrected chi connectivity index (χ0v) is 14.5. The van der Waals surface area contributed by atoms with Crippen LogP contribution in [0, 0.1) is 0 Å². The number of benzene rings is 1. The number of aryl methyl sites for hydroxylation is 2. The van der Waals surface area contributed by atoms with E-state index in [4.69, 9.17) is 0 Å². The lowest BCUT2D eigenvalue weighted by molar-refractivity contribution is 0.0791. The van der Waals surface area contributed by atoms with E-state index in [9.17, 15) is 4.79 Å². The molecule has 0 atom stereocenters. The number of carbonyl (C=O) groups excluding carboxylic acids is 1. The summed E-state index contributed by atoms with van der Waals surface area (Å²) in [6.45, 7) is 0.676. The van der Waals surface area contributed by atoms with Gasteiger partial charge in [-0.25, -0.2) is 0 Å². The molecule has 2 heterocycles. The first-order valence-electron chi connectivity index (χ1n) is 7.71. The van der Waals surface area contributed by atoms with Crippen molar-refractivity contribution < 1.29 is 4.79 Å². The molecule has 23 heavy (non-hydrogen) atoms. The Balaban J connectivity index is 1.62. The first-order valence-corrected chi connectivity index (χ1v) is 9.41. The fourth-order valence-electron chi connectivity index (χ4n) is 3.07. The molecule has 2 aromatic heterocycles. The zero-order valence-electron chi connectivity index (χ0n) is 12.9. The third-order valence-electron chi connectivity index (χ3n) is 4.27. The van der Waals surface area contributed by atoms with Crippen LogP contribution < -0.4 is 0 Å². The highest BCUT2D eigenvalue weighted by Gasteiger charge is 2.22. The molecular formula is C19H17NOS2. The van der Waals surface area contributed by atoms with Gasteiger partial charge in [0.05, 0.1) is 11.4 Å². The Labute approximate surface area is 144 Å². The lowest BCUT2D eigenvalue weighted by Crippen LogP contribution is -2.24. The van der Waals surface area contributed by atoms with Gasteiger partial charge in [-0.15, -0.1) is 22.7 Å². The Morgan fingerprint density at radius 3 is 2.78 bits per heavy atom. The highest BCUT2D eigenvalue weighted by atomic mass is 32.1. The van der Waals surface area contributed by atoms with E-state index in [1.165, 1.54) is 26.4 Å². The van der Waals surface area contributed by atoms with Gasteiger partial charge in [0.2, 0.25) is 0 Å². The summed E-state index contributed by atoms with van der Waals surface area (Å²) in [5.41, 5.74) is 4.02. The normalized spacial score (nSPS) is 12.6. The maximum atomic E-state index is 12.7. The van der Waals surface area contributed by atoms with Gasteiger partial charge in [0, 0.05) is 16.8 Å². The average Bonchev–Trinajstić information content (AvgIpc) is 3.23. The second-order valence-electron chi connectivity index (χ2n) is 5.86. The molecule has 1 aromatic carbocycles. The number of thiophene rings is 2. The molecular weight excluding hydrogens is 322 g/mol. The van der Waals surface area contributed by atoms with E-state index in [1.807, 2.05) is 18.0 Å². The summed E-state index contributed by atoms with van der Waals surface area (Å²) >= 11 is 3.33. The van der Waals surface area contributed by atoms with Gasteiger partial charge in [0.1, 0.15) is 0 Å². The molecule has 0 N–H and O–H groups in total. The first-order chi connectivity index (χ1) is 11.2. The molecule has 0 radical (unpaired) electrons. The van der Waals surface area contributed by atoms with Gasteiger partial charge in [0.25, 0.3) is 5.91 Å². The molecule has 1 aliphatic carbocycles. The molecule has 116 valence electrons. The fraction of sp³-hybridized carbons (Fsp3) is 0.211. The molecule has 3 aromatic rings. The third kappa shape index (κ3) is 2.73. The van der Waals surface area contributed by atoms with Gasteiger partial charge in [-0.2, -0.15) is 0 Å². The van der Waals surface area contributed by atoms with Crippen molar-refractivity contribution in [3.05, 3.63) is 68.7 Å². The molecule has 1 amide bonds. The Hall–Kier alpha value is -1.91. The van der Waals surface area contributed by atoms with E-state index in [0.29, 0.717) is 6.54 Å². The Bertz CT molecular complexity index is 848. The summed E-state index contributed by atoms with van der Waals surface area (Å²) in [7, 11) is 1.88. The summed E-state index contributed by atoms with van der Waals surface area (Å²) < 4.78 is 0. The smallest absolute Gasteiger partial charge is 0.264 e. The Morgan fingerprint density at radius 2 is 1.96 bits per heavy atom. The number of hydrogen-bond acceptors (Lipinski definition) is 3. The summed E-state index contributed by atoms with van der Waals surface area (Å²) in [5.74, 6) is 0.121. The minimum Gasteiger partial charge on any atom is -0.336 e. The van der Waals surface area contributed by atoms with Crippen molar-refractivity contribution in [2.45, 2.75) is 19.4 Å². The molecule has 0 fully saturated rings. The number of carbonyl (C=O) groups is 1. The molecule has 0 saturated carbocycles. The van der Waals surface area contributed by atoms with Crippen molar-refractivity contribution in [3.8, 4) is 10.4 Å². The predicted molar refractivity (Wildman–Crippen MR) is 97.3 cm³/mol. The van der Waals surface area contributed by atoms with Crippen LogP contribution in [0.2, 0.25) is 0 Å². The lowest BCUT2D eigenvalue weighted by Gasteiger charge is -2.15. The quantitative estimate of drug-likeness (QED) is 0.668.